The molecule has 0 aromatic carbocycles. The molecule has 0 fully saturated rings. The van der Waals surface area contributed by atoms with Gasteiger partial charge in [-0.05, 0) is 83.5 Å². The molecule has 0 rings (SSSR count). The molecule has 442 valence electrons. The van der Waals surface area contributed by atoms with Gasteiger partial charge in [-0.15, -0.1) is 0 Å². The molecule has 0 spiro atoms. The highest BCUT2D eigenvalue weighted by molar-refractivity contribution is 5.71. The van der Waals surface area contributed by atoms with Gasteiger partial charge < -0.3 is 14.2 Å². The van der Waals surface area contributed by atoms with Gasteiger partial charge in [0.2, 0.25) is 0 Å². The van der Waals surface area contributed by atoms with E-state index in [1.807, 2.05) is 0 Å². The average molecular weight is 1060 g/mol. The van der Waals surface area contributed by atoms with E-state index in [-0.39, 0.29) is 31.1 Å². The Morgan fingerprint density at radius 1 is 0.276 bits per heavy atom. The van der Waals surface area contributed by atoms with Crippen LogP contribution in [0, 0.1) is 0 Å². The van der Waals surface area contributed by atoms with E-state index < -0.39 is 6.10 Å². The summed E-state index contributed by atoms with van der Waals surface area (Å²) in [6.07, 6.45) is 82.3. The van der Waals surface area contributed by atoms with Gasteiger partial charge >= 0.3 is 17.9 Å². The van der Waals surface area contributed by atoms with Crippen molar-refractivity contribution in [1.29, 1.82) is 0 Å². The van der Waals surface area contributed by atoms with Crippen molar-refractivity contribution in [2.24, 2.45) is 0 Å². The summed E-state index contributed by atoms with van der Waals surface area (Å²) in [6, 6.07) is 0. The fourth-order valence-electron chi connectivity index (χ4n) is 9.79. The summed E-state index contributed by atoms with van der Waals surface area (Å²) in [6.45, 7) is 6.58. The molecule has 0 saturated heterocycles. The molecule has 0 aliphatic heterocycles. The average Bonchev–Trinajstić information content (AvgIpc) is 3.42. The van der Waals surface area contributed by atoms with Crippen molar-refractivity contribution in [3.05, 3.63) is 60.8 Å². The third-order valence-corrected chi connectivity index (χ3v) is 14.8. The molecule has 0 aliphatic rings. The highest BCUT2D eigenvalue weighted by atomic mass is 16.6. The van der Waals surface area contributed by atoms with Gasteiger partial charge in [-0.1, -0.05) is 306 Å². The SMILES string of the molecule is CC/C=C\C/C=C\C/C=C\C/C=C\CCCCCCCCCCCCCCC(=O)OCC(COC(=O)CCCCCCCCCCCCCCCCCC)OC(=O)CCCCCCCCC/C=C\CCCCCCCC. The lowest BCUT2D eigenvalue weighted by atomic mass is 10.0. The topological polar surface area (TPSA) is 78.9 Å². The van der Waals surface area contributed by atoms with Gasteiger partial charge in [0.15, 0.2) is 6.10 Å². The van der Waals surface area contributed by atoms with Gasteiger partial charge in [-0.25, -0.2) is 0 Å². The van der Waals surface area contributed by atoms with Crippen molar-refractivity contribution in [1.82, 2.24) is 0 Å². The maximum absolute atomic E-state index is 12.9. The van der Waals surface area contributed by atoms with Crippen LogP contribution in [0.15, 0.2) is 60.8 Å². The van der Waals surface area contributed by atoms with Crippen LogP contribution in [0.25, 0.3) is 0 Å². The third-order valence-electron chi connectivity index (χ3n) is 14.8. The van der Waals surface area contributed by atoms with E-state index in [1.54, 1.807) is 0 Å². The highest BCUT2D eigenvalue weighted by Gasteiger charge is 2.19. The molecular formula is C70H126O6. The van der Waals surface area contributed by atoms with Crippen molar-refractivity contribution in [3.63, 3.8) is 0 Å². The van der Waals surface area contributed by atoms with Gasteiger partial charge in [0, 0.05) is 19.3 Å². The second-order valence-electron chi connectivity index (χ2n) is 22.4. The number of hydrogen-bond donors (Lipinski definition) is 0. The molecule has 1 unspecified atom stereocenters. The van der Waals surface area contributed by atoms with Crippen molar-refractivity contribution >= 4 is 17.9 Å². The Morgan fingerprint density at radius 2 is 0.513 bits per heavy atom. The van der Waals surface area contributed by atoms with E-state index in [9.17, 15) is 14.4 Å². The van der Waals surface area contributed by atoms with Crippen LogP contribution in [0.3, 0.4) is 0 Å². The zero-order valence-electron chi connectivity index (χ0n) is 50.8. The molecule has 6 heteroatoms. The van der Waals surface area contributed by atoms with E-state index in [0.717, 1.165) is 83.5 Å². The minimum atomic E-state index is -0.776. The van der Waals surface area contributed by atoms with Crippen molar-refractivity contribution in [3.8, 4) is 0 Å². The Labute approximate surface area is 472 Å². The molecule has 0 saturated carbocycles. The first-order valence-electron chi connectivity index (χ1n) is 33.3. The molecule has 6 nitrogen and oxygen atoms in total. The zero-order valence-corrected chi connectivity index (χ0v) is 50.8. The van der Waals surface area contributed by atoms with Crippen LogP contribution in [0.4, 0.5) is 0 Å². The van der Waals surface area contributed by atoms with Crippen LogP contribution in [0.1, 0.15) is 348 Å². The number of ether oxygens (including phenoxy) is 3. The highest BCUT2D eigenvalue weighted by Crippen LogP contribution is 2.17. The molecule has 0 bridgehead atoms. The normalized spacial score (nSPS) is 12.4. The second kappa shape index (κ2) is 64.6. The number of hydrogen-bond acceptors (Lipinski definition) is 6. The first kappa shape index (κ1) is 73.1. The van der Waals surface area contributed by atoms with Crippen molar-refractivity contribution in [2.45, 2.75) is 354 Å². The molecule has 0 aromatic heterocycles. The number of rotatable bonds is 61. The van der Waals surface area contributed by atoms with E-state index >= 15 is 0 Å². The fraction of sp³-hybridized carbons (Fsp3) is 0.814. The fourth-order valence-corrected chi connectivity index (χ4v) is 9.79. The monoisotopic (exact) mass is 1060 g/mol. The Balaban J connectivity index is 4.30. The molecule has 0 radical (unpaired) electrons. The van der Waals surface area contributed by atoms with Crippen molar-refractivity contribution in [2.75, 3.05) is 13.2 Å². The van der Waals surface area contributed by atoms with Gasteiger partial charge in [0.25, 0.3) is 0 Å². The maximum atomic E-state index is 12.9. The predicted octanol–water partition coefficient (Wildman–Crippen LogP) is 22.7. The smallest absolute Gasteiger partial charge is 0.306 e. The molecule has 0 aliphatic carbocycles. The minimum Gasteiger partial charge on any atom is -0.462 e. The number of carbonyl (C=O) groups excluding carboxylic acids is 3. The second-order valence-corrected chi connectivity index (χ2v) is 22.4. The zero-order chi connectivity index (χ0) is 55.0. The number of allylic oxidation sites excluding steroid dienone is 10. The molecular weight excluding hydrogens is 937 g/mol. The number of carbonyl (C=O) groups is 3. The van der Waals surface area contributed by atoms with Crippen LogP contribution < -0.4 is 0 Å². The van der Waals surface area contributed by atoms with Crippen LogP contribution >= 0.6 is 0 Å². The lowest BCUT2D eigenvalue weighted by Crippen LogP contribution is -2.30. The summed E-state index contributed by atoms with van der Waals surface area (Å²) in [5, 5.41) is 0. The summed E-state index contributed by atoms with van der Waals surface area (Å²) in [4.78, 5) is 38.4. The maximum Gasteiger partial charge on any atom is 0.306 e. The van der Waals surface area contributed by atoms with E-state index in [1.165, 1.54) is 225 Å². The molecule has 0 aromatic rings. The number of esters is 3. The predicted molar refractivity (Wildman–Crippen MR) is 330 cm³/mol. The Kier molecular flexibility index (Phi) is 62.2. The van der Waals surface area contributed by atoms with Crippen LogP contribution in [-0.4, -0.2) is 37.2 Å². The lowest BCUT2D eigenvalue weighted by Gasteiger charge is -2.18. The van der Waals surface area contributed by atoms with Crippen molar-refractivity contribution < 1.29 is 28.6 Å². The molecule has 1 atom stereocenters. The van der Waals surface area contributed by atoms with Gasteiger partial charge in [-0.3, -0.25) is 14.4 Å². The van der Waals surface area contributed by atoms with E-state index in [2.05, 4.69) is 81.5 Å². The Bertz CT molecular complexity index is 1360. The van der Waals surface area contributed by atoms with E-state index in [0.29, 0.717) is 19.3 Å². The first-order chi connectivity index (χ1) is 37.5. The quantitative estimate of drug-likeness (QED) is 0.0261. The summed E-state index contributed by atoms with van der Waals surface area (Å²) >= 11 is 0. The summed E-state index contributed by atoms with van der Waals surface area (Å²) in [5.41, 5.74) is 0. The molecule has 0 heterocycles. The lowest BCUT2D eigenvalue weighted by molar-refractivity contribution is -0.167. The van der Waals surface area contributed by atoms with Crippen LogP contribution in [-0.2, 0) is 28.6 Å². The minimum absolute atomic E-state index is 0.0718. The Morgan fingerprint density at radius 3 is 0.816 bits per heavy atom. The summed E-state index contributed by atoms with van der Waals surface area (Å²) in [7, 11) is 0. The Hall–Kier alpha value is -2.89. The van der Waals surface area contributed by atoms with Gasteiger partial charge in [0.05, 0.1) is 0 Å². The largest absolute Gasteiger partial charge is 0.462 e. The molecule has 0 N–H and O–H groups in total. The summed E-state index contributed by atoms with van der Waals surface area (Å²) < 4.78 is 17.0. The van der Waals surface area contributed by atoms with Gasteiger partial charge in [0.1, 0.15) is 13.2 Å². The van der Waals surface area contributed by atoms with Crippen LogP contribution in [0.2, 0.25) is 0 Å². The van der Waals surface area contributed by atoms with Crippen LogP contribution in [0.5, 0.6) is 0 Å². The first-order valence-corrected chi connectivity index (χ1v) is 33.3. The number of unbranched alkanes of at least 4 members (excludes halogenated alkanes) is 40. The standard InChI is InChI=1S/C70H126O6/c1-4-7-10-13-16-19-22-25-28-31-32-33-34-35-36-37-38-40-42-45-48-51-54-57-60-63-69(72)75-66-67(65-74-68(71)62-59-56-53-50-47-44-41-30-27-24-21-18-15-12-9-6-3)76-70(73)64-61-58-55-52-49-46-43-39-29-26-23-20-17-14-11-8-5-2/h7,10,16,19,25-26,28-29,32-33,67H,4-6,8-9,11-15,17-18,20-24,27,30-31,34-66H2,1-3H3/b10-7-,19-16-,28-25-,29-26-,33-32-. The van der Waals surface area contributed by atoms with Gasteiger partial charge in [-0.2, -0.15) is 0 Å². The molecule has 0 amide bonds. The molecule has 76 heavy (non-hydrogen) atoms. The third kappa shape index (κ3) is 62.0. The summed E-state index contributed by atoms with van der Waals surface area (Å²) in [5.74, 6) is -0.856. The van der Waals surface area contributed by atoms with E-state index in [4.69, 9.17) is 14.2 Å².